The molecule has 1 atom stereocenters. The third-order valence-corrected chi connectivity index (χ3v) is 3.58. The number of benzene rings is 1. The van der Waals surface area contributed by atoms with Crippen LogP contribution in [0.5, 0.6) is 0 Å². The van der Waals surface area contributed by atoms with Gasteiger partial charge in [-0.25, -0.2) is 0 Å². The van der Waals surface area contributed by atoms with E-state index in [0.717, 1.165) is 10.9 Å². The predicted molar refractivity (Wildman–Crippen MR) is 69.4 cm³/mol. The van der Waals surface area contributed by atoms with E-state index in [-0.39, 0.29) is 12.0 Å². The maximum absolute atomic E-state index is 12.5. The Morgan fingerprint density at radius 2 is 2.22 bits per heavy atom. The minimum absolute atomic E-state index is 0.0129. The number of amides is 1. The maximum atomic E-state index is 12.5. The van der Waals surface area contributed by atoms with Gasteiger partial charge in [0.25, 0.3) is 5.91 Å². The molecule has 0 aliphatic carbocycles. The first-order valence-electron chi connectivity index (χ1n) is 6.18. The highest BCUT2D eigenvalue weighted by Crippen LogP contribution is 2.22. The van der Waals surface area contributed by atoms with E-state index >= 15 is 0 Å². The van der Waals surface area contributed by atoms with Crippen LogP contribution in [0.2, 0.25) is 0 Å². The van der Waals surface area contributed by atoms with Crippen molar-refractivity contribution >= 4 is 16.8 Å². The number of rotatable bonds is 1. The lowest BCUT2D eigenvalue weighted by Gasteiger charge is -2.16. The van der Waals surface area contributed by atoms with E-state index in [9.17, 15) is 9.90 Å². The van der Waals surface area contributed by atoms with Gasteiger partial charge >= 0.3 is 0 Å². The van der Waals surface area contributed by atoms with Crippen molar-refractivity contribution in [3.63, 3.8) is 0 Å². The standard InChI is InChI=1S/C14H16N2O2/c1-15-7-5-10-3-2-4-12(13(10)15)14(18)16-8-6-11(17)9-16/h2-5,7,11,17H,6,8-9H2,1H3. The van der Waals surface area contributed by atoms with Crippen molar-refractivity contribution in [3.05, 3.63) is 36.0 Å². The van der Waals surface area contributed by atoms with Crippen LogP contribution in [0, 0.1) is 0 Å². The molecule has 1 aliphatic heterocycles. The average Bonchev–Trinajstić information content (AvgIpc) is 2.96. The van der Waals surface area contributed by atoms with Crippen LogP contribution < -0.4 is 0 Å². The van der Waals surface area contributed by atoms with Crippen molar-refractivity contribution in [2.24, 2.45) is 7.05 Å². The Hall–Kier alpha value is -1.81. The Morgan fingerprint density at radius 1 is 1.39 bits per heavy atom. The lowest BCUT2D eigenvalue weighted by atomic mass is 10.1. The monoisotopic (exact) mass is 244 g/mol. The number of hydrogen-bond donors (Lipinski definition) is 1. The molecule has 94 valence electrons. The quantitative estimate of drug-likeness (QED) is 0.824. The molecule has 0 bridgehead atoms. The van der Waals surface area contributed by atoms with Gasteiger partial charge in [-0.3, -0.25) is 4.79 Å². The second-order valence-electron chi connectivity index (χ2n) is 4.86. The average molecular weight is 244 g/mol. The van der Waals surface area contributed by atoms with Gasteiger partial charge in [0.05, 0.1) is 17.2 Å². The number of aliphatic hydroxyl groups excluding tert-OH is 1. The normalized spacial score (nSPS) is 19.7. The first-order chi connectivity index (χ1) is 8.66. The van der Waals surface area contributed by atoms with Gasteiger partial charge < -0.3 is 14.6 Å². The highest BCUT2D eigenvalue weighted by molar-refractivity contribution is 6.06. The molecule has 4 nitrogen and oxygen atoms in total. The Balaban J connectivity index is 2.03. The molecule has 1 fully saturated rings. The largest absolute Gasteiger partial charge is 0.391 e. The summed E-state index contributed by atoms with van der Waals surface area (Å²) >= 11 is 0. The van der Waals surface area contributed by atoms with Crippen LogP contribution in [0.3, 0.4) is 0 Å². The SMILES string of the molecule is Cn1ccc2cccc(C(=O)N3CCC(O)C3)c21. The highest BCUT2D eigenvalue weighted by Gasteiger charge is 2.26. The molecule has 0 spiro atoms. The molecule has 1 aliphatic rings. The number of likely N-dealkylation sites (tertiary alicyclic amines) is 1. The van der Waals surface area contributed by atoms with E-state index in [0.29, 0.717) is 25.1 Å². The highest BCUT2D eigenvalue weighted by atomic mass is 16.3. The summed E-state index contributed by atoms with van der Waals surface area (Å²) in [4.78, 5) is 14.2. The fourth-order valence-corrected chi connectivity index (χ4v) is 2.63. The van der Waals surface area contributed by atoms with Crippen molar-refractivity contribution < 1.29 is 9.90 Å². The molecule has 2 aromatic rings. The van der Waals surface area contributed by atoms with Gasteiger partial charge in [0.1, 0.15) is 0 Å². The van der Waals surface area contributed by atoms with E-state index in [4.69, 9.17) is 0 Å². The third kappa shape index (κ3) is 1.69. The lowest BCUT2D eigenvalue weighted by molar-refractivity contribution is 0.0766. The lowest BCUT2D eigenvalue weighted by Crippen LogP contribution is -2.29. The summed E-state index contributed by atoms with van der Waals surface area (Å²) in [6.45, 7) is 1.08. The summed E-state index contributed by atoms with van der Waals surface area (Å²) in [5.41, 5.74) is 1.68. The molecule has 1 aromatic heterocycles. The van der Waals surface area contributed by atoms with E-state index in [1.54, 1.807) is 4.90 Å². The first kappa shape index (κ1) is 11.3. The molecule has 2 heterocycles. The zero-order valence-electron chi connectivity index (χ0n) is 10.3. The first-order valence-corrected chi connectivity index (χ1v) is 6.18. The number of aryl methyl sites for hydroxylation is 1. The Labute approximate surface area is 105 Å². The van der Waals surface area contributed by atoms with Crippen molar-refractivity contribution in [1.29, 1.82) is 0 Å². The van der Waals surface area contributed by atoms with Crippen molar-refractivity contribution in [2.75, 3.05) is 13.1 Å². The third-order valence-electron chi connectivity index (χ3n) is 3.58. The van der Waals surface area contributed by atoms with Gasteiger partial charge in [0, 0.05) is 31.7 Å². The van der Waals surface area contributed by atoms with Gasteiger partial charge in [-0.15, -0.1) is 0 Å². The minimum Gasteiger partial charge on any atom is -0.391 e. The van der Waals surface area contributed by atoms with Crippen molar-refractivity contribution in [3.8, 4) is 0 Å². The van der Waals surface area contributed by atoms with E-state index in [1.165, 1.54) is 0 Å². The van der Waals surface area contributed by atoms with Crippen LogP contribution in [0.25, 0.3) is 10.9 Å². The van der Waals surface area contributed by atoms with Crippen LogP contribution >= 0.6 is 0 Å². The summed E-state index contributed by atoms with van der Waals surface area (Å²) in [7, 11) is 1.94. The molecule has 0 radical (unpaired) electrons. The fourth-order valence-electron chi connectivity index (χ4n) is 2.63. The smallest absolute Gasteiger partial charge is 0.256 e. The Morgan fingerprint density at radius 3 is 2.94 bits per heavy atom. The van der Waals surface area contributed by atoms with E-state index < -0.39 is 0 Å². The summed E-state index contributed by atoms with van der Waals surface area (Å²) in [5, 5.41) is 10.6. The van der Waals surface area contributed by atoms with Crippen molar-refractivity contribution in [1.82, 2.24) is 9.47 Å². The van der Waals surface area contributed by atoms with Gasteiger partial charge in [-0.05, 0) is 18.6 Å². The summed E-state index contributed by atoms with van der Waals surface area (Å²) < 4.78 is 1.97. The summed E-state index contributed by atoms with van der Waals surface area (Å²) in [6, 6.07) is 7.77. The van der Waals surface area contributed by atoms with Crippen LogP contribution in [-0.4, -0.2) is 39.7 Å². The molecule has 4 heteroatoms. The summed E-state index contributed by atoms with van der Waals surface area (Å²) in [6.07, 6.45) is 2.26. The number of aliphatic hydroxyl groups is 1. The zero-order chi connectivity index (χ0) is 12.7. The Bertz CT molecular complexity index is 603. The van der Waals surface area contributed by atoms with Gasteiger partial charge in [0.15, 0.2) is 0 Å². The molecule has 18 heavy (non-hydrogen) atoms. The van der Waals surface area contributed by atoms with Crippen LogP contribution in [0.15, 0.2) is 30.5 Å². The molecule has 1 N–H and O–H groups in total. The fraction of sp³-hybridized carbons (Fsp3) is 0.357. The number of β-amino-alcohol motifs (C(OH)–C–C–N with tert-alkyl or cyclic N) is 1. The number of fused-ring (bicyclic) bond motifs is 1. The number of carbonyl (C=O) groups excluding carboxylic acids is 1. The minimum atomic E-state index is -0.374. The number of nitrogens with zero attached hydrogens (tertiary/aromatic N) is 2. The molecule has 3 rings (SSSR count). The number of para-hydroxylation sites is 1. The Kier molecular flexibility index (Phi) is 2.59. The number of aromatic nitrogens is 1. The maximum Gasteiger partial charge on any atom is 0.256 e. The van der Waals surface area contributed by atoms with Crippen LogP contribution in [-0.2, 0) is 7.05 Å². The molecule has 0 saturated carbocycles. The van der Waals surface area contributed by atoms with Crippen LogP contribution in [0.4, 0.5) is 0 Å². The second kappa shape index (κ2) is 4.14. The topological polar surface area (TPSA) is 45.5 Å². The molecular weight excluding hydrogens is 228 g/mol. The molecule has 1 saturated heterocycles. The second-order valence-corrected chi connectivity index (χ2v) is 4.86. The zero-order valence-corrected chi connectivity index (χ0v) is 10.3. The summed E-state index contributed by atoms with van der Waals surface area (Å²) in [5.74, 6) is 0.0129. The van der Waals surface area contributed by atoms with E-state index in [2.05, 4.69) is 0 Å². The molecular formula is C14H16N2O2. The number of carbonyl (C=O) groups is 1. The van der Waals surface area contributed by atoms with Crippen LogP contribution in [0.1, 0.15) is 16.8 Å². The van der Waals surface area contributed by atoms with Gasteiger partial charge in [0.2, 0.25) is 0 Å². The van der Waals surface area contributed by atoms with Gasteiger partial charge in [-0.2, -0.15) is 0 Å². The van der Waals surface area contributed by atoms with Gasteiger partial charge in [-0.1, -0.05) is 12.1 Å². The molecule has 1 aromatic carbocycles. The van der Waals surface area contributed by atoms with Crippen molar-refractivity contribution in [2.45, 2.75) is 12.5 Å². The predicted octanol–water partition coefficient (Wildman–Crippen LogP) is 1.39. The molecule has 1 amide bonds. The van der Waals surface area contributed by atoms with E-state index in [1.807, 2.05) is 42.1 Å². The number of hydrogen-bond acceptors (Lipinski definition) is 2. The molecule has 1 unspecified atom stereocenters.